The number of nitrogens with zero attached hydrogens (tertiary/aromatic N) is 3. The number of rotatable bonds is 8. The second-order valence-corrected chi connectivity index (χ2v) is 20.6. The van der Waals surface area contributed by atoms with Crippen LogP contribution in [0.15, 0.2) is 194 Å². The van der Waals surface area contributed by atoms with Crippen LogP contribution in [0.3, 0.4) is 0 Å². The Morgan fingerprint density at radius 2 is 0.929 bits per heavy atom. The van der Waals surface area contributed by atoms with Gasteiger partial charge in [-0.15, -0.1) is 0 Å². The average molecular weight is 1350 g/mol. The fourth-order valence-electron chi connectivity index (χ4n) is 8.00. The van der Waals surface area contributed by atoms with Gasteiger partial charge in [0.15, 0.2) is 11.5 Å². The van der Waals surface area contributed by atoms with Gasteiger partial charge in [-0.25, -0.2) is 35.1 Å². The number of anilines is 2. The van der Waals surface area contributed by atoms with Crippen molar-refractivity contribution in [3.63, 3.8) is 0 Å². The van der Waals surface area contributed by atoms with Gasteiger partial charge in [0, 0.05) is 53.5 Å². The van der Waals surface area contributed by atoms with Gasteiger partial charge in [-0.2, -0.15) is 23.4 Å². The summed E-state index contributed by atoms with van der Waals surface area (Å²) >= 11 is 9.99. The van der Waals surface area contributed by atoms with E-state index in [0.717, 1.165) is 77.6 Å². The molecule has 0 atom stereocenters. The number of H-pyrrole nitrogens is 2. The van der Waals surface area contributed by atoms with E-state index in [9.17, 15) is 53.1 Å². The first-order valence-corrected chi connectivity index (χ1v) is 26.9. The van der Waals surface area contributed by atoms with Gasteiger partial charge in [0.05, 0.1) is 50.7 Å². The third kappa shape index (κ3) is 16.2. The number of nitrogen functional groups attached to an aromatic ring is 1. The molecule has 0 aliphatic rings. The summed E-state index contributed by atoms with van der Waals surface area (Å²) in [7, 11) is 1.42. The lowest BCUT2D eigenvalue weighted by molar-refractivity contribution is -0.141. The molecule has 6 N–H and O–H groups in total. The van der Waals surface area contributed by atoms with Crippen LogP contribution in [0.4, 0.5) is 59.7 Å². The first-order chi connectivity index (χ1) is 39.9. The first kappa shape index (κ1) is 63.2. The van der Waals surface area contributed by atoms with E-state index >= 15 is 0 Å². The van der Waals surface area contributed by atoms with Crippen molar-refractivity contribution in [3.8, 4) is 33.8 Å². The maximum absolute atomic E-state index is 14.0. The van der Waals surface area contributed by atoms with Crippen molar-refractivity contribution in [1.82, 2.24) is 19.7 Å². The molecule has 23 heteroatoms. The van der Waals surface area contributed by atoms with Crippen molar-refractivity contribution < 1.29 is 53.1 Å². The highest BCUT2D eigenvalue weighted by Crippen LogP contribution is 2.35. The topological polar surface area (TPSA) is 129 Å². The Morgan fingerprint density at radius 1 is 0.524 bits per heavy atom. The highest BCUT2D eigenvalue weighted by molar-refractivity contribution is 9.11. The van der Waals surface area contributed by atoms with Crippen LogP contribution in [-0.2, 0) is 13.2 Å². The Balaban J connectivity index is 0.000000158. The zero-order chi connectivity index (χ0) is 61.0. The van der Waals surface area contributed by atoms with Crippen LogP contribution >= 0.6 is 47.8 Å². The van der Waals surface area contributed by atoms with Gasteiger partial charge in [0.25, 0.3) is 0 Å². The number of hydrazine groups is 1. The predicted molar refractivity (Wildman–Crippen MR) is 317 cm³/mol. The number of carbonyl (C=O) groups is 1. The average Bonchev–Trinajstić information content (AvgIpc) is 3.82. The third-order valence-electron chi connectivity index (χ3n) is 12.0. The number of nitrogens with two attached hydrogens (primary N) is 1. The Bertz CT molecular complexity index is 4050. The number of aromatic amines is 2. The van der Waals surface area contributed by atoms with E-state index in [1.165, 1.54) is 55.6 Å². The van der Waals surface area contributed by atoms with Crippen LogP contribution in [0.2, 0.25) is 0 Å². The molecular formula is C61H44Br3F11N8O. The van der Waals surface area contributed by atoms with Crippen LogP contribution < -0.4 is 16.7 Å². The number of aromatic nitrogens is 4. The minimum absolute atomic E-state index is 0.0233. The lowest BCUT2D eigenvalue weighted by Gasteiger charge is -2.06. The molecule has 84 heavy (non-hydrogen) atoms. The number of nitrogens with one attached hydrogen (secondary N) is 4. The third-order valence-corrected chi connectivity index (χ3v) is 13.5. The molecular weight excluding hydrogens is 1310 g/mol. The molecule has 3 aromatic heterocycles. The quantitative estimate of drug-likeness (QED) is 0.0340. The standard InChI is InChI=1S/C19H12F5N3.C14H11BrF2N2.C14H8BrF2N.C8H6F2O.C6H7BrN2/c1-27-16(9-17(26-27)19(22,23)24)10-5-6-14-11(7-10)8-15(25-14)18-12(20)3-2-4-13(18)21;1-9(14-12(16)3-2-4-13(14)17)18-19-11-7-5-10(15)6-8-11;15-9-4-5-12-8(6-9)7-13(18-12)14-10(16)2-1-3-11(14)17;1-5(11)8-6(9)3-2-4-7(8)10;7-5-1-3-6(9-8)4-2-5/h2-9,25H,1H3;2-8,19H,1H3;1-7,18H;2-4H,1H3;1-4,9H,8H2/b;18-9+;;;. The number of alkyl halides is 3. The number of ketones is 1. The number of fused-ring (bicyclic) bond motifs is 2. The number of hydrazone groups is 1. The van der Waals surface area contributed by atoms with E-state index in [-0.39, 0.29) is 33.8 Å². The van der Waals surface area contributed by atoms with Crippen LogP contribution in [0.5, 0.6) is 0 Å². The summed E-state index contributed by atoms with van der Waals surface area (Å²) in [4.78, 5) is 16.6. The highest BCUT2D eigenvalue weighted by atomic mass is 79.9. The molecule has 0 amide bonds. The normalized spacial score (nSPS) is 11.1. The van der Waals surface area contributed by atoms with Gasteiger partial charge < -0.3 is 15.4 Å². The predicted octanol–water partition coefficient (Wildman–Crippen LogP) is 18.9. The molecule has 0 fully saturated rings. The molecule has 8 aromatic carbocycles. The number of Topliss-reactive ketones (excluding diaryl/α,β-unsaturated/α-hetero) is 1. The SMILES string of the molecule is C/C(=N\Nc1ccc(Br)cc1)c1c(F)cccc1F.CC(=O)c1c(F)cccc1F.Cn1nc(C(F)(F)F)cc1-c1ccc2[nH]c(-c3c(F)cccc3F)cc2c1.Fc1cccc(F)c1-c1cc2cc(Br)ccc2[nH]1.NNc1ccc(Br)cc1. The molecule has 0 saturated heterocycles. The lowest BCUT2D eigenvalue weighted by Crippen LogP contribution is -2.06. The number of benzene rings is 8. The molecule has 0 saturated carbocycles. The Morgan fingerprint density at radius 3 is 1.35 bits per heavy atom. The van der Waals surface area contributed by atoms with Crippen LogP contribution in [0.1, 0.15) is 35.5 Å². The fourth-order valence-corrected chi connectivity index (χ4v) is 8.91. The van der Waals surface area contributed by atoms with Crippen molar-refractivity contribution in [1.29, 1.82) is 0 Å². The van der Waals surface area contributed by atoms with Crippen LogP contribution in [0, 0.1) is 46.5 Å². The molecule has 432 valence electrons. The second-order valence-electron chi connectivity index (χ2n) is 17.8. The van der Waals surface area contributed by atoms with Crippen molar-refractivity contribution >= 4 is 92.5 Å². The number of carbonyl (C=O) groups excluding carboxylic acids is 1. The van der Waals surface area contributed by atoms with Gasteiger partial charge in [0.2, 0.25) is 0 Å². The van der Waals surface area contributed by atoms with Gasteiger partial charge in [-0.3, -0.25) is 20.7 Å². The molecule has 11 rings (SSSR count). The molecule has 0 aliphatic carbocycles. The Labute approximate surface area is 497 Å². The van der Waals surface area contributed by atoms with Gasteiger partial charge in [-0.1, -0.05) is 78.1 Å². The van der Waals surface area contributed by atoms with E-state index < -0.39 is 69.8 Å². The first-order valence-electron chi connectivity index (χ1n) is 24.5. The Hall–Kier alpha value is -8.38. The van der Waals surface area contributed by atoms with Crippen molar-refractivity contribution in [2.45, 2.75) is 20.0 Å². The second kappa shape index (κ2) is 28.3. The van der Waals surface area contributed by atoms with Crippen LogP contribution in [0.25, 0.3) is 55.6 Å². The molecule has 3 heterocycles. The van der Waals surface area contributed by atoms with E-state index in [1.54, 1.807) is 49.4 Å². The number of hydrogen-bond acceptors (Lipinski definition) is 6. The molecule has 0 radical (unpaired) electrons. The fraction of sp³-hybridized carbons (Fsp3) is 0.0656. The van der Waals surface area contributed by atoms with Gasteiger partial charge in [0.1, 0.15) is 46.5 Å². The molecule has 0 aliphatic heterocycles. The zero-order valence-corrected chi connectivity index (χ0v) is 48.6. The van der Waals surface area contributed by atoms with Crippen molar-refractivity contribution in [3.05, 3.63) is 253 Å². The Kier molecular flexibility index (Phi) is 21.3. The summed E-state index contributed by atoms with van der Waals surface area (Å²) in [5, 5.41) is 9.00. The molecule has 9 nitrogen and oxygen atoms in total. The minimum Gasteiger partial charge on any atom is -0.354 e. The molecule has 0 bridgehead atoms. The smallest absolute Gasteiger partial charge is 0.354 e. The summed E-state index contributed by atoms with van der Waals surface area (Å²) in [6, 6.07) is 44.2. The summed E-state index contributed by atoms with van der Waals surface area (Å²) < 4.78 is 150. The van der Waals surface area contributed by atoms with E-state index in [0.29, 0.717) is 22.2 Å². The number of hydrogen-bond donors (Lipinski definition) is 5. The number of aryl methyl sites for hydroxylation is 1. The lowest BCUT2D eigenvalue weighted by atomic mass is 10.1. The monoisotopic (exact) mass is 1350 g/mol. The summed E-state index contributed by atoms with van der Waals surface area (Å²) in [5.74, 6) is -0.878. The van der Waals surface area contributed by atoms with E-state index in [2.05, 4.69) is 78.8 Å². The number of halogens is 14. The summed E-state index contributed by atoms with van der Waals surface area (Å²) in [6.07, 6.45) is -4.54. The molecule has 0 spiro atoms. The van der Waals surface area contributed by atoms with Crippen molar-refractivity contribution in [2.75, 3.05) is 10.9 Å². The van der Waals surface area contributed by atoms with Crippen LogP contribution in [-0.4, -0.2) is 31.2 Å². The maximum Gasteiger partial charge on any atom is 0.435 e. The summed E-state index contributed by atoms with van der Waals surface area (Å²) in [6.45, 7) is 2.68. The van der Waals surface area contributed by atoms with Gasteiger partial charge >= 0.3 is 6.18 Å². The zero-order valence-electron chi connectivity index (χ0n) is 43.9. The van der Waals surface area contributed by atoms with Crippen molar-refractivity contribution in [2.24, 2.45) is 18.0 Å². The maximum atomic E-state index is 14.0. The highest BCUT2D eigenvalue weighted by Gasteiger charge is 2.34. The minimum atomic E-state index is -4.54. The van der Waals surface area contributed by atoms with Gasteiger partial charge in [-0.05, 0) is 159 Å². The van der Waals surface area contributed by atoms with E-state index in [1.807, 2.05) is 54.6 Å². The molecule has 11 aromatic rings. The van der Waals surface area contributed by atoms with E-state index in [4.69, 9.17) is 5.84 Å². The molecule has 0 unspecified atom stereocenters. The summed E-state index contributed by atoms with van der Waals surface area (Å²) in [5.41, 5.74) is 8.35. The largest absolute Gasteiger partial charge is 0.435 e.